The highest BCUT2D eigenvalue weighted by molar-refractivity contribution is 6.15. The first-order valence-corrected chi connectivity index (χ1v) is 36.0. The molecule has 0 fully saturated rings. The topological polar surface area (TPSA) is 80.0 Å². The van der Waals surface area contributed by atoms with Crippen LogP contribution in [0.25, 0.3) is 226 Å². The van der Waals surface area contributed by atoms with Crippen molar-refractivity contribution in [3.8, 4) is 84.3 Å². The van der Waals surface area contributed by atoms with E-state index in [9.17, 15) is 0 Å². The third-order valence-corrected chi connectivity index (χ3v) is 22.1. The molecule has 0 atom stereocenters. The Balaban J connectivity index is 0.617. The third kappa shape index (κ3) is 9.01. The normalized spacial score (nSPS) is 12.2. The molecule has 7 aromatic heterocycles. The highest BCUT2D eigenvalue weighted by Gasteiger charge is 2.22. The summed E-state index contributed by atoms with van der Waals surface area (Å²) in [5.41, 5.74) is 26.6. The summed E-state index contributed by atoms with van der Waals surface area (Å²) in [4.78, 5) is 11.0. The van der Waals surface area contributed by atoms with E-state index in [1.807, 2.05) is 36.4 Å². The molecular formula is C98H57N5O3. The van der Waals surface area contributed by atoms with Gasteiger partial charge < -0.3 is 27.0 Å². The van der Waals surface area contributed by atoms with Crippen molar-refractivity contribution in [2.24, 2.45) is 0 Å². The first-order valence-electron chi connectivity index (χ1n) is 36.0. The standard InChI is InChI=1S/C98H57N5O3/c1-7-19-86-72(13-1)81-51-62(65-32-43-78-75-16-4-10-22-92(75)104-95(78)54-65)35-46-89(81)101(86)69-38-27-58(28-39-69)84-57-85(100-98(99-84)59-29-40-70(41-30-59)102-87-20-8-2-14-73(87)82-52-63(36-47-90(82)102)66-33-44-79-76-17-5-11-23-93(76)105-96(79)55-66)68-26-25-61-50-71(42-31-60(61)49-68)103-88-21-9-3-15-74(88)83-53-64(37-48-91(83)103)67-34-45-80-77-18-6-12-24-94(77)106-97(80)56-67/h1-57H. The Labute approximate surface area is 605 Å². The number of fused-ring (bicyclic) bond motifs is 19. The number of benzene rings is 16. The second kappa shape index (κ2) is 22.6. The minimum absolute atomic E-state index is 0.633. The molecule has 23 aromatic rings. The molecule has 0 N–H and O–H groups in total. The highest BCUT2D eigenvalue weighted by Crippen LogP contribution is 2.44. The first kappa shape index (κ1) is 58.3. The number of rotatable bonds is 9. The fraction of sp³-hybridized carbons (Fsp3) is 0. The fourth-order valence-corrected chi connectivity index (χ4v) is 17.0. The maximum atomic E-state index is 6.36. The quantitative estimate of drug-likeness (QED) is 0.144. The third-order valence-electron chi connectivity index (χ3n) is 22.1. The lowest BCUT2D eigenvalue weighted by Crippen LogP contribution is -1.98. The van der Waals surface area contributed by atoms with E-state index in [0.29, 0.717) is 5.82 Å². The van der Waals surface area contributed by atoms with Gasteiger partial charge in [0.05, 0.1) is 44.5 Å². The van der Waals surface area contributed by atoms with Crippen LogP contribution in [0.4, 0.5) is 0 Å². The molecule has 0 saturated heterocycles. The van der Waals surface area contributed by atoms with Crippen molar-refractivity contribution in [1.82, 2.24) is 23.7 Å². The molecule has 0 saturated carbocycles. The van der Waals surface area contributed by atoms with Crippen LogP contribution in [0.3, 0.4) is 0 Å². The van der Waals surface area contributed by atoms with Gasteiger partial charge in [0.25, 0.3) is 0 Å². The Bertz CT molecular complexity index is 7350. The van der Waals surface area contributed by atoms with E-state index in [1.54, 1.807) is 0 Å². The van der Waals surface area contributed by atoms with Gasteiger partial charge in [-0.05, 0) is 214 Å². The molecule has 0 aliphatic heterocycles. The molecule has 0 amide bonds. The molecule has 8 nitrogen and oxygen atoms in total. The maximum absolute atomic E-state index is 6.36. The Morgan fingerprint density at radius 2 is 0.481 bits per heavy atom. The molecule has 16 aromatic carbocycles. The Kier molecular flexibility index (Phi) is 12.4. The van der Waals surface area contributed by atoms with Crippen molar-refractivity contribution in [2.45, 2.75) is 0 Å². The van der Waals surface area contributed by atoms with E-state index >= 15 is 0 Å². The van der Waals surface area contributed by atoms with Crippen molar-refractivity contribution < 1.29 is 13.3 Å². The van der Waals surface area contributed by atoms with Gasteiger partial charge in [-0.1, -0.05) is 176 Å². The van der Waals surface area contributed by atoms with Crippen LogP contribution in [-0.2, 0) is 0 Å². The second-order valence-corrected chi connectivity index (χ2v) is 28.0. The monoisotopic (exact) mass is 1350 g/mol. The molecule has 0 spiro atoms. The first-order chi connectivity index (χ1) is 52.5. The molecule has 23 rings (SSSR count). The van der Waals surface area contributed by atoms with E-state index in [-0.39, 0.29) is 0 Å². The lowest BCUT2D eigenvalue weighted by molar-refractivity contribution is 0.668. The van der Waals surface area contributed by atoms with Gasteiger partial charge in [0.15, 0.2) is 5.82 Å². The number of hydrogen-bond donors (Lipinski definition) is 0. The van der Waals surface area contributed by atoms with Gasteiger partial charge in [-0.3, -0.25) is 0 Å². The van der Waals surface area contributed by atoms with Crippen LogP contribution < -0.4 is 0 Å². The number of hydrogen-bond acceptors (Lipinski definition) is 5. The summed E-state index contributed by atoms with van der Waals surface area (Å²) in [7, 11) is 0. The van der Waals surface area contributed by atoms with Crippen LogP contribution in [-0.4, -0.2) is 23.7 Å². The van der Waals surface area contributed by atoms with Gasteiger partial charge in [-0.25, -0.2) is 9.97 Å². The fourth-order valence-electron chi connectivity index (χ4n) is 17.0. The average Bonchev–Trinajstić information content (AvgIpc) is 1.59. The summed E-state index contributed by atoms with van der Waals surface area (Å²) in [6.07, 6.45) is 0. The van der Waals surface area contributed by atoms with Crippen LogP contribution >= 0.6 is 0 Å². The molecule has 7 heterocycles. The van der Waals surface area contributed by atoms with E-state index in [1.165, 1.54) is 32.3 Å². The SMILES string of the molecule is c1ccc2c(c1)oc1cc(-c3ccc4c(c3)c3ccccc3n4-c3ccc(-c4cc(-c5ccc6cc(-n7c8ccccc8c8cc(-c9ccc%10c(c9)oc9ccccc9%10)ccc87)ccc6c5)nc(-c5ccc(-n6c7ccccc7c7cc(-c8ccc9c(c8)oc8ccccc89)ccc76)cc5)n4)cc3)ccc12. The van der Waals surface area contributed by atoms with E-state index in [0.717, 1.165) is 188 Å². The van der Waals surface area contributed by atoms with Crippen LogP contribution in [0.1, 0.15) is 0 Å². The van der Waals surface area contributed by atoms with Crippen molar-refractivity contribution in [2.75, 3.05) is 0 Å². The van der Waals surface area contributed by atoms with Crippen LogP contribution in [0.5, 0.6) is 0 Å². The smallest absolute Gasteiger partial charge is 0.160 e. The number of para-hydroxylation sites is 6. The van der Waals surface area contributed by atoms with Gasteiger partial charge in [0.2, 0.25) is 0 Å². The molecule has 0 aliphatic carbocycles. The Morgan fingerprint density at radius 3 is 0.925 bits per heavy atom. The molecule has 0 bridgehead atoms. The number of furan rings is 3. The van der Waals surface area contributed by atoms with Crippen molar-refractivity contribution in [1.29, 1.82) is 0 Å². The predicted molar refractivity (Wildman–Crippen MR) is 437 cm³/mol. The number of nitrogens with zero attached hydrogens (tertiary/aromatic N) is 5. The van der Waals surface area contributed by atoms with E-state index in [4.69, 9.17) is 23.2 Å². The van der Waals surface area contributed by atoms with Gasteiger partial charge >= 0.3 is 0 Å². The molecule has 0 unspecified atom stereocenters. The molecule has 0 radical (unpaired) electrons. The minimum Gasteiger partial charge on any atom is -0.456 e. The summed E-state index contributed by atoms with van der Waals surface area (Å²) >= 11 is 0. The molecule has 8 heteroatoms. The average molecular weight is 1350 g/mol. The van der Waals surface area contributed by atoms with Gasteiger partial charge in [-0.2, -0.15) is 0 Å². The van der Waals surface area contributed by atoms with Crippen LogP contribution in [0, 0.1) is 0 Å². The van der Waals surface area contributed by atoms with Crippen molar-refractivity contribution in [3.63, 3.8) is 0 Å². The van der Waals surface area contributed by atoms with Crippen molar-refractivity contribution in [3.05, 3.63) is 346 Å². The molecule has 0 aliphatic rings. The van der Waals surface area contributed by atoms with E-state index in [2.05, 4.69) is 323 Å². The highest BCUT2D eigenvalue weighted by atomic mass is 16.3. The lowest BCUT2D eigenvalue weighted by Gasteiger charge is -2.13. The summed E-state index contributed by atoms with van der Waals surface area (Å²) < 4.78 is 26.2. The molecular weight excluding hydrogens is 1300 g/mol. The largest absolute Gasteiger partial charge is 0.456 e. The van der Waals surface area contributed by atoms with Gasteiger partial charge in [0, 0.05) is 98.4 Å². The Morgan fingerprint density at radius 1 is 0.179 bits per heavy atom. The zero-order chi connectivity index (χ0) is 69.2. The van der Waals surface area contributed by atoms with Gasteiger partial charge in [0.1, 0.15) is 33.5 Å². The zero-order valence-electron chi connectivity index (χ0n) is 56.9. The summed E-state index contributed by atoms with van der Waals surface area (Å²) in [6, 6.07) is 124. The maximum Gasteiger partial charge on any atom is 0.160 e. The van der Waals surface area contributed by atoms with E-state index < -0.39 is 0 Å². The summed E-state index contributed by atoms with van der Waals surface area (Å²) in [6.45, 7) is 0. The van der Waals surface area contributed by atoms with Crippen LogP contribution in [0.2, 0.25) is 0 Å². The summed E-state index contributed by atoms with van der Waals surface area (Å²) in [5, 5.41) is 16.1. The molecule has 492 valence electrons. The summed E-state index contributed by atoms with van der Waals surface area (Å²) in [5.74, 6) is 0.633. The van der Waals surface area contributed by atoms with Crippen LogP contribution in [0.15, 0.2) is 359 Å². The second-order valence-electron chi connectivity index (χ2n) is 28.0. The Hall–Kier alpha value is -14.3. The predicted octanol–water partition coefficient (Wildman–Crippen LogP) is 26.6. The van der Waals surface area contributed by atoms with Crippen molar-refractivity contribution >= 4 is 142 Å². The lowest BCUT2D eigenvalue weighted by atomic mass is 10.0. The molecule has 106 heavy (non-hydrogen) atoms. The van der Waals surface area contributed by atoms with Gasteiger partial charge in [-0.15, -0.1) is 0 Å². The number of aromatic nitrogens is 5. The zero-order valence-corrected chi connectivity index (χ0v) is 56.9. The minimum atomic E-state index is 0.633.